The molecule has 0 amide bonds. The Balaban J connectivity index is 1.81. The Bertz CT molecular complexity index is 748. The van der Waals surface area contributed by atoms with Crippen LogP contribution in [0.3, 0.4) is 0 Å². The molecule has 1 aliphatic rings. The van der Waals surface area contributed by atoms with Crippen molar-refractivity contribution in [2.24, 2.45) is 0 Å². The Morgan fingerprint density at radius 2 is 2.00 bits per heavy atom. The van der Waals surface area contributed by atoms with Crippen molar-refractivity contribution < 1.29 is 13.2 Å². The first-order valence-corrected chi connectivity index (χ1v) is 8.95. The number of hydrogen-bond acceptors (Lipinski definition) is 5. The lowest BCUT2D eigenvalue weighted by Gasteiger charge is -2.31. The number of hydrogen-bond donors (Lipinski definition) is 0. The summed E-state index contributed by atoms with van der Waals surface area (Å²) in [7, 11) is -1.94. The van der Waals surface area contributed by atoms with Gasteiger partial charge in [-0.3, -0.25) is 0 Å². The standard InChI is InChI=1S/C16H19N3O3S/c1-22-14-4-6-15(7-5-14)23(20,21)19-10-2-3-13(11-19)16-8-9-17-12-18-16/h4-9,12-13H,2-3,10-11H2,1H3/t13-/m1/s1. The van der Waals surface area contributed by atoms with Gasteiger partial charge in [-0.05, 0) is 43.2 Å². The zero-order valence-electron chi connectivity index (χ0n) is 12.9. The Morgan fingerprint density at radius 1 is 1.22 bits per heavy atom. The topological polar surface area (TPSA) is 72.4 Å². The highest BCUT2D eigenvalue weighted by Crippen LogP contribution is 2.29. The molecule has 1 aliphatic heterocycles. The number of piperidine rings is 1. The third-order valence-electron chi connectivity index (χ3n) is 4.10. The van der Waals surface area contributed by atoms with Crippen LogP contribution in [-0.2, 0) is 10.0 Å². The number of nitrogens with zero attached hydrogens (tertiary/aromatic N) is 3. The number of sulfonamides is 1. The first-order valence-electron chi connectivity index (χ1n) is 7.51. The number of ether oxygens (including phenoxy) is 1. The van der Waals surface area contributed by atoms with E-state index in [1.807, 2.05) is 6.07 Å². The van der Waals surface area contributed by atoms with E-state index >= 15 is 0 Å². The van der Waals surface area contributed by atoms with Crippen molar-refractivity contribution >= 4 is 10.0 Å². The molecule has 122 valence electrons. The second-order valence-corrected chi connectivity index (χ2v) is 7.45. The van der Waals surface area contributed by atoms with Crippen molar-refractivity contribution in [1.82, 2.24) is 14.3 Å². The molecule has 0 saturated carbocycles. The zero-order chi connectivity index (χ0) is 16.3. The minimum Gasteiger partial charge on any atom is -0.497 e. The highest BCUT2D eigenvalue weighted by atomic mass is 32.2. The molecule has 1 fully saturated rings. The first kappa shape index (κ1) is 15.9. The van der Waals surface area contributed by atoms with Crippen LogP contribution in [0, 0.1) is 0 Å². The van der Waals surface area contributed by atoms with E-state index in [1.54, 1.807) is 41.9 Å². The summed E-state index contributed by atoms with van der Waals surface area (Å²) in [6, 6.07) is 8.36. The molecule has 7 heteroatoms. The summed E-state index contributed by atoms with van der Waals surface area (Å²) >= 11 is 0. The van der Waals surface area contributed by atoms with Crippen LogP contribution >= 0.6 is 0 Å². The molecule has 1 aromatic carbocycles. The van der Waals surface area contributed by atoms with E-state index in [1.165, 1.54) is 6.33 Å². The fraction of sp³-hybridized carbons (Fsp3) is 0.375. The Kier molecular flexibility index (Phi) is 4.58. The van der Waals surface area contributed by atoms with Gasteiger partial charge in [-0.1, -0.05) is 0 Å². The monoisotopic (exact) mass is 333 g/mol. The molecular formula is C16H19N3O3S. The van der Waals surface area contributed by atoms with Gasteiger partial charge in [0.1, 0.15) is 12.1 Å². The predicted molar refractivity (Wildman–Crippen MR) is 85.8 cm³/mol. The second kappa shape index (κ2) is 6.64. The summed E-state index contributed by atoms with van der Waals surface area (Å²) < 4.78 is 32.3. The van der Waals surface area contributed by atoms with E-state index in [2.05, 4.69) is 9.97 Å². The van der Waals surface area contributed by atoms with E-state index in [0.717, 1.165) is 18.5 Å². The van der Waals surface area contributed by atoms with Gasteiger partial charge in [0.05, 0.1) is 12.0 Å². The lowest BCUT2D eigenvalue weighted by Crippen LogP contribution is -2.39. The van der Waals surface area contributed by atoms with Gasteiger partial charge in [-0.25, -0.2) is 18.4 Å². The normalized spacial score (nSPS) is 19.4. The number of aromatic nitrogens is 2. The first-order chi connectivity index (χ1) is 11.1. The highest BCUT2D eigenvalue weighted by Gasteiger charge is 2.31. The Morgan fingerprint density at radius 3 is 2.65 bits per heavy atom. The average Bonchev–Trinajstić information content (AvgIpc) is 2.62. The van der Waals surface area contributed by atoms with Gasteiger partial charge in [-0.2, -0.15) is 4.31 Å². The molecule has 1 saturated heterocycles. The fourth-order valence-corrected chi connectivity index (χ4v) is 4.37. The van der Waals surface area contributed by atoms with Gasteiger partial charge >= 0.3 is 0 Å². The molecule has 0 spiro atoms. The molecule has 23 heavy (non-hydrogen) atoms. The molecule has 2 aromatic rings. The van der Waals surface area contributed by atoms with Crippen LogP contribution < -0.4 is 4.74 Å². The van der Waals surface area contributed by atoms with Gasteiger partial charge < -0.3 is 4.74 Å². The molecule has 0 N–H and O–H groups in total. The molecule has 0 unspecified atom stereocenters. The summed E-state index contributed by atoms with van der Waals surface area (Å²) in [5, 5.41) is 0. The molecule has 1 atom stereocenters. The van der Waals surface area contributed by atoms with E-state index in [9.17, 15) is 8.42 Å². The van der Waals surface area contributed by atoms with Crippen LogP contribution in [0.25, 0.3) is 0 Å². The van der Waals surface area contributed by atoms with Crippen LogP contribution in [0.15, 0.2) is 47.8 Å². The lowest BCUT2D eigenvalue weighted by molar-refractivity contribution is 0.312. The van der Waals surface area contributed by atoms with Crippen molar-refractivity contribution in [3.63, 3.8) is 0 Å². The molecule has 0 radical (unpaired) electrons. The van der Waals surface area contributed by atoms with Gasteiger partial charge in [0.25, 0.3) is 0 Å². The van der Waals surface area contributed by atoms with Gasteiger partial charge in [0.15, 0.2) is 0 Å². The molecular weight excluding hydrogens is 314 g/mol. The molecule has 0 bridgehead atoms. The fourth-order valence-electron chi connectivity index (χ4n) is 2.84. The van der Waals surface area contributed by atoms with Crippen molar-refractivity contribution in [1.29, 1.82) is 0 Å². The number of methoxy groups -OCH3 is 1. The van der Waals surface area contributed by atoms with Crippen LogP contribution in [-0.4, -0.2) is 42.9 Å². The van der Waals surface area contributed by atoms with E-state index < -0.39 is 10.0 Å². The minimum absolute atomic E-state index is 0.111. The second-order valence-electron chi connectivity index (χ2n) is 5.51. The van der Waals surface area contributed by atoms with Crippen molar-refractivity contribution in [2.75, 3.05) is 20.2 Å². The number of rotatable bonds is 4. The third kappa shape index (κ3) is 3.35. The predicted octanol–water partition coefficient (Wildman–Crippen LogP) is 2.05. The Hall–Kier alpha value is -1.99. The van der Waals surface area contributed by atoms with Gasteiger partial charge in [0.2, 0.25) is 10.0 Å². The lowest BCUT2D eigenvalue weighted by atomic mass is 9.96. The molecule has 2 heterocycles. The molecule has 6 nitrogen and oxygen atoms in total. The summed E-state index contributed by atoms with van der Waals surface area (Å²) in [5.74, 6) is 0.751. The van der Waals surface area contributed by atoms with Gasteiger partial charge in [-0.15, -0.1) is 0 Å². The third-order valence-corrected chi connectivity index (χ3v) is 5.98. The minimum atomic E-state index is -3.49. The molecule has 0 aliphatic carbocycles. The summed E-state index contributed by atoms with van der Waals surface area (Å²) in [6.07, 6.45) is 4.96. The quantitative estimate of drug-likeness (QED) is 0.856. The van der Waals surface area contributed by atoms with Gasteiger partial charge in [0, 0.05) is 30.9 Å². The van der Waals surface area contributed by atoms with Crippen LogP contribution in [0.4, 0.5) is 0 Å². The van der Waals surface area contributed by atoms with Crippen LogP contribution in [0.5, 0.6) is 5.75 Å². The Labute approximate surface area is 136 Å². The maximum absolute atomic E-state index is 12.8. The number of benzene rings is 1. The van der Waals surface area contributed by atoms with E-state index in [-0.39, 0.29) is 5.92 Å². The largest absolute Gasteiger partial charge is 0.497 e. The summed E-state index contributed by atoms with van der Waals surface area (Å²) in [6.45, 7) is 0.987. The van der Waals surface area contributed by atoms with Crippen molar-refractivity contribution in [2.45, 2.75) is 23.7 Å². The SMILES string of the molecule is COc1ccc(S(=O)(=O)N2CCC[C@@H](c3ccncn3)C2)cc1. The maximum Gasteiger partial charge on any atom is 0.243 e. The zero-order valence-corrected chi connectivity index (χ0v) is 13.7. The smallest absolute Gasteiger partial charge is 0.243 e. The van der Waals surface area contributed by atoms with Crippen molar-refractivity contribution in [3.05, 3.63) is 48.5 Å². The summed E-state index contributed by atoms with van der Waals surface area (Å²) in [4.78, 5) is 8.48. The average molecular weight is 333 g/mol. The molecule has 1 aromatic heterocycles. The maximum atomic E-state index is 12.8. The molecule has 3 rings (SSSR count). The van der Waals surface area contributed by atoms with Crippen LogP contribution in [0.2, 0.25) is 0 Å². The van der Waals surface area contributed by atoms with E-state index in [4.69, 9.17) is 4.74 Å². The highest BCUT2D eigenvalue weighted by molar-refractivity contribution is 7.89. The summed E-state index contributed by atoms with van der Waals surface area (Å²) in [5.41, 5.74) is 0.898. The van der Waals surface area contributed by atoms with Crippen LogP contribution in [0.1, 0.15) is 24.5 Å². The van der Waals surface area contributed by atoms with Crippen molar-refractivity contribution in [3.8, 4) is 5.75 Å². The van der Waals surface area contributed by atoms with E-state index in [0.29, 0.717) is 23.7 Å².